The second-order valence-corrected chi connectivity index (χ2v) is 5.43. The second kappa shape index (κ2) is 5.91. The largest absolute Gasteiger partial charge is 0.368 e. The fourth-order valence-corrected chi connectivity index (χ4v) is 2.19. The number of carbonyl (C=O) groups is 1. The Bertz CT molecular complexity index is 460. The van der Waals surface area contributed by atoms with Crippen LogP contribution in [0.25, 0.3) is 0 Å². The van der Waals surface area contributed by atoms with Crippen molar-refractivity contribution >= 4 is 5.97 Å². The van der Waals surface area contributed by atoms with Gasteiger partial charge < -0.3 is 14.3 Å². The van der Waals surface area contributed by atoms with Gasteiger partial charge in [0.25, 0.3) is 0 Å². The topological polar surface area (TPSA) is 56.8 Å². The smallest absolute Gasteiger partial charge is 0.356 e. The van der Waals surface area contributed by atoms with Crippen molar-refractivity contribution in [3.05, 3.63) is 35.9 Å². The van der Waals surface area contributed by atoms with E-state index in [1.54, 1.807) is 20.8 Å². The Morgan fingerprint density at radius 2 is 1.95 bits per heavy atom. The van der Waals surface area contributed by atoms with E-state index in [9.17, 15) is 4.79 Å². The number of hydrogen-bond donors (Lipinski definition) is 1. The van der Waals surface area contributed by atoms with Gasteiger partial charge in [-0.05, 0) is 33.3 Å². The number of nitrogens with one attached hydrogen (secondary N) is 1. The summed E-state index contributed by atoms with van der Waals surface area (Å²) in [6.45, 7) is 7.26. The lowest BCUT2D eigenvalue weighted by Gasteiger charge is -2.17. The van der Waals surface area contributed by atoms with Crippen LogP contribution in [0.4, 0.5) is 0 Å². The molecule has 0 spiro atoms. The van der Waals surface area contributed by atoms with Crippen molar-refractivity contribution in [2.75, 3.05) is 0 Å². The van der Waals surface area contributed by atoms with Crippen LogP contribution in [0.1, 0.15) is 39.3 Å². The van der Waals surface area contributed by atoms with Crippen LogP contribution in [0.2, 0.25) is 0 Å². The zero-order valence-corrected chi connectivity index (χ0v) is 12.3. The van der Waals surface area contributed by atoms with E-state index < -0.39 is 17.9 Å². The molecule has 0 aromatic heterocycles. The Morgan fingerprint density at radius 1 is 1.30 bits per heavy atom. The molecule has 2 rings (SSSR count). The van der Waals surface area contributed by atoms with Crippen molar-refractivity contribution in [2.24, 2.45) is 0 Å². The molecule has 0 amide bonds. The highest BCUT2D eigenvalue weighted by atomic mass is 16.8. The average molecular weight is 279 g/mol. The molecule has 1 aliphatic heterocycles. The van der Waals surface area contributed by atoms with Crippen molar-refractivity contribution in [3.8, 4) is 0 Å². The molecule has 1 aromatic rings. The molecule has 0 bridgehead atoms. The molecule has 1 saturated heterocycles. The predicted octanol–water partition coefficient (Wildman–Crippen LogP) is 2.34. The second-order valence-electron chi connectivity index (χ2n) is 5.43. The molecular weight excluding hydrogens is 258 g/mol. The summed E-state index contributed by atoms with van der Waals surface area (Å²) in [5.74, 6) is -1.22. The molecule has 3 atom stereocenters. The van der Waals surface area contributed by atoms with Crippen LogP contribution < -0.4 is 5.48 Å². The van der Waals surface area contributed by atoms with E-state index in [0.717, 1.165) is 5.56 Å². The standard InChI is InChI=1S/C15H21NO4/c1-10(12-8-6-5-7-9-12)16-20-14(17)13-11(2)18-15(3,4)19-13/h5-11,13,16H,1-4H3/t10-,11?,13?/m0/s1. The fourth-order valence-electron chi connectivity index (χ4n) is 2.19. The van der Waals surface area contributed by atoms with Crippen molar-refractivity contribution in [3.63, 3.8) is 0 Å². The average Bonchev–Trinajstić information content (AvgIpc) is 2.70. The summed E-state index contributed by atoms with van der Waals surface area (Å²) in [6, 6.07) is 9.65. The first-order valence-electron chi connectivity index (χ1n) is 6.76. The van der Waals surface area contributed by atoms with Gasteiger partial charge in [-0.25, -0.2) is 4.79 Å². The molecule has 0 saturated carbocycles. The molecule has 20 heavy (non-hydrogen) atoms. The molecule has 2 unspecified atom stereocenters. The molecule has 5 nitrogen and oxygen atoms in total. The molecule has 110 valence electrons. The van der Waals surface area contributed by atoms with Crippen LogP contribution in [0.5, 0.6) is 0 Å². The lowest BCUT2D eigenvalue weighted by molar-refractivity contribution is -0.177. The van der Waals surface area contributed by atoms with Gasteiger partial charge in [0.15, 0.2) is 11.9 Å². The summed E-state index contributed by atoms with van der Waals surface area (Å²) in [6.07, 6.45) is -1.04. The van der Waals surface area contributed by atoms with E-state index in [-0.39, 0.29) is 12.1 Å². The number of benzene rings is 1. The molecule has 1 aromatic carbocycles. The molecular formula is C15H21NO4. The van der Waals surface area contributed by atoms with Gasteiger partial charge in [0, 0.05) is 0 Å². The minimum atomic E-state index is -0.756. The SMILES string of the molecule is CC1OC(C)(C)OC1C(=O)ON[C@@H](C)c1ccccc1. The molecule has 5 heteroatoms. The molecule has 1 aliphatic rings. The zero-order valence-electron chi connectivity index (χ0n) is 12.3. The Morgan fingerprint density at radius 3 is 2.50 bits per heavy atom. The highest BCUT2D eigenvalue weighted by Crippen LogP contribution is 2.28. The Hall–Kier alpha value is -1.43. The van der Waals surface area contributed by atoms with E-state index in [1.807, 2.05) is 37.3 Å². The van der Waals surface area contributed by atoms with Crippen molar-refractivity contribution in [1.82, 2.24) is 5.48 Å². The van der Waals surface area contributed by atoms with Crippen molar-refractivity contribution in [1.29, 1.82) is 0 Å². The third-order valence-corrected chi connectivity index (χ3v) is 3.18. The van der Waals surface area contributed by atoms with Crippen LogP contribution in [0.3, 0.4) is 0 Å². The first-order valence-corrected chi connectivity index (χ1v) is 6.76. The van der Waals surface area contributed by atoms with Crippen LogP contribution in [-0.2, 0) is 19.1 Å². The van der Waals surface area contributed by atoms with Crippen LogP contribution >= 0.6 is 0 Å². The van der Waals surface area contributed by atoms with Gasteiger partial charge >= 0.3 is 5.97 Å². The highest BCUT2D eigenvalue weighted by molar-refractivity contribution is 5.75. The van der Waals surface area contributed by atoms with Crippen LogP contribution in [-0.4, -0.2) is 24.0 Å². The Kier molecular flexibility index (Phi) is 4.42. The molecule has 1 N–H and O–H groups in total. The molecule has 0 aliphatic carbocycles. The lowest BCUT2D eigenvalue weighted by Crippen LogP contribution is -2.36. The fraction of sp³-hybridized carbons (Fsp3) is 0.533. The molecule has 0 radical (unpaired) electrons. The third-order valence-electron chi connectivity index (χ3n) is 3.18. The van der Waals surface area contributed by atoms with E-state index in [4.69, 9.17) is 14.3 Å². The maximum absolute atomic E-state index is 12.0. The zero-order chi connectivity index (χ0) is 14.8. The summed E-state index contributed by atoms with van der Waals surface area (Å²) < 4.78 is 11.0. The minimum absolute atomic E-state index is 0.0919. The van der Waals surface area contributed by atoms with Crippen LogP contribution in [0, 0.1) is 0 Å². The van der Waals surface area contributed by atoms with Gasteiger partial charge in [0.2, 0.25) is 0 Å². The van der Waals surface area contributed by atoms with Crippen molar-refractivity contribution in [2.45, 2.75) is 51.7 Å². The first kappa shape index (κ1) is 15.0. The first-order chi connectivity index (χ1) is 9.39. The van der Waals surface area contributed by atoms with Gasteiger partial charge in [0.1, 0.15) is 0 Å². The maximum atomic E-state index is 12.0. The normalized spacial score (nSPS) is 26.2. The number of hydroxylamine groups is 1. The molecule has 1 fully saturated rings. The molecule has 1 heterocycles. The predicted molar refractivity (Wildman–Crippen MR) is 73.6 cm³/mol. The maximum Gasteiger partial charge on any atom is 0.356 e. The summed E-state index contributed by atoms with van der Waals surface area (Å²) in [7, 11) is 0. The Labute approximate surface area is 119 Å². The number of hydrogen-bond acceptors (Lipinski definition) is 5. The minimum Gasteiger partial charge on any atom is -0.368 e. The van der Waals surface area contributed by atoms with Gasteiger partial charge in [-0.15, -0.1) is 5.48 Å². The van der Waals surface area contributed by atoms with E-state index in [0.29, 0.717) is 0 Å². The van der Waals surface area contributed by atoms with E-state index >= 15 is 0 Å². The monoisotopic (exact) mass is 279 g/mol. The van der Waals surface area contributed by atoms with Gasteiger partial charge in [-0.2, -0.15) is 0 Å². The third kappa shape index (κ3) is 3.56. The summed E-state index contributed by atoms with van der Waals surface area (Å²) in [5.41, 5.74) is 3.78. The van der Waals surface area contributed by atoms with Crippen molar-refractivity contribution < 1.29 is 19.1 Å². The van der Waals surface area contributed by atoms with E-state index in [2.05, 4.69) is 5.48 Å². The summed E-state index contributed by atoms with van der Waals surface area (Å²) in [4.78, 5) is 17.1. The summed E-state index contributed by atoms with van der Waals surface area (Å²) in [5, 5.41) is 0. The van der Waals surface area contributed by atoms with Crippen LogP contribution in [0.15, 0.2) is 30.3 Å². The highest BCUT2D eigenvalue weighted by Gasteiger charge is 2.44. The summed E-state index contributed by atoms with van der Waals surface area (Å²) >= 11 is 0. The van der Waals surface area contributed by atoms with Gasteiger partial charge in [0.05, 0.1) is 12.1 Å². The number of carbonyl (C=O) groups excluding carboxylic acids is 1. The quantitative estimate of drug-likeness (QED) is 0.857. The number of rotatable bonds is 4. The van der Waals surface area contributed by atoms with Gasteiger partial charge in [-0.3, -0.25) is 0 Å². The lowest BCUT2D eigenvalue weighted by atomic mass is 10.1. The number of ether oxygens (including phenoxy) is 2. The Balaban J connectivity index is 1.87. The van der Waals surface area contributed by atoms with E-state index in [1.165, 1.54) is 0 Å². The van der Waals surface area contributed by atoms with Gasteiger partial charge in [-0.1, -0.05) is 30.3 Å².